The van der Waals surface area contributed by atoms with E-state index >= 15 is 0 Å². The van der Waals surface area contributed by atoms with Crippen molar-refractivity contribution in [3.8, 4) is 5.75 Å². The van der Waals surface area contributed by atoms with Gasteiger partial charge in [0.2, 0.25) is 0 Å². The van der Waals surface area contributed by atoms with Crippen molar-refractivity contribution in [2.75, 3.05) is 33.5 Å². The number of hydrogen-bond donors (Lipinski definition) is 2. The van der Waals surface area contributed by atoms with Crippen LogP contribution < -0.4 is 10.5 Å². The van der Waals surface area contributed by atoms with E-state index in [1.165, 1.54) is 0 Å². The van der Waals surface area contributed by atoms with Crippen molar-refractivity contribution in [1.82, 2.24) is 0 Å². The molecule has 0 saturated heterocycles. The number of methoxy groups -OCH3 is 1. The molecule has 0 fully saturated rings. The Morgan fingerprint density at radius 2 is 2.10 bits per heavy atom. The van der Waals surface area contributed by atoms with Gasteiger partial charge in [-0.25, -0.2) is 0 Å². The average molecular weight is 347 g/mol. The summed E-state index contributed by atoms with van der Waals surface area (Å²) in [5.41, 5.74) is 6.12. The highest BCUT2D eigenvalue weighted by atomic mass is 79.9. The summed E-state index contributed by atoms with van der Waals surface area (Å²) < 4.78 is 16.6. The number of benzene rings is 1. The van der Waals surface area contributed by atoms with Crippen LogP contribution in [0.1, 0.15) is 12.0 Å². The normalized spacial score (nSPS) is 11.6. The van der Waals surface area contributed by atoms with Crippen molar-refractivity contribution in [2.24, 2.45) is 10.9 Å². The van der Waals surface area contributed by atoms with Crippen molar-refractivity contribution < 1.29 is 19.4 Å². The Labute approximate surface area is 126 Å². The Hall–Kier alpha value is -1.31. The van der Waals surface area contributed by atoms with E-state index in [2.05, 4.69) is 21.1 Å². The first kappa shape index (κ1) is 16.7. The van der Waals surface area contributed by atoms with Crippen LogP contribution in [-0.2, 0) is 9.47 Å². The second-order valence-electron chi connectivity index (χ2n) is 3.94. The topological polar surface area (TPSA) is 86.3 Å². The first-order valence-electron chi connectivity index (χ1n) is 6.16. The highest BCUT2D eigenvalue weighted by Gasteiger charge is 2.05. The average Bonchev–Trinajstić information content (AvgIpc) is 2.46. The lowest BCUT2D eigenvalue weighted by Crippen LogP contribution is -2.13. The molecule has 0 aliphatic rings. The van der Waals surface area contributed by atoms with E-state index in [4.69, 9.17) is 25.2 Å². The molecule has 0 aliphatic heterocycles. The molecule has 1 aromatic carbocycles. The minimum atomic E-state index is 0.0591. The van der Waals surface area contributed by atoms with Gasteiger partial charge < -0.3 is 25.2 Å². The molecule has 0 aromatic heterocycles. The highest BCUT2D eigenvalue weighted by molar-refractivity contribution is 9.10. The summed E-state index contributed by atoms with van der Waals surface area (Å²) in [4.78, 5) is 0. The van der Waals surface area contributed by atoms with Crippen molar-refractivity contribution in [3.05, 3.63) is 28.2 Å². The lowest BCUT2D eigenvalue weighted by molar-refractivity contribution is 0.0644. The van der Waals surface area contributed by atoms with Crippen LogP contribution in [0.15, 0.2) is 27.8 Å². The number of hydrogen-bond acceptors (Lipinski definition) is 5. The highest BCUT2D eigenvalue weighted by Crippen LogP contribution is 2.26. The van der Waals surface area contributed by atoms with Gasteiger partial charge in [0.05, 0.1) is 24.3 Å². The zero-order chi connectivity index (χ0) is 14.8. The maximum atomic E-state index is 8.60. The molecular formula is C13H19BrN2O4. The van der Waals surface area contributed by atoms with E-state index in [0.717, 1.165) is 10.9 Å². The standard InChI is InChI=1S/C13H19BrN2O4/c1-18-7-8-19-5-2-6-20-12-4-3-10(9-11(12)14)13(15)16-17/h3-4,9,17H,2,5-8H2,1H3,(H2,15,16). The first-order valence-corrected chi connectivity index (χ1v) is 6.95. The third kappa shape index (κ3) is 5.77. The minimum absolute atomic E-state index is 0.0591. The first-order chi connectivity index (χ1) is 9.69. The smallest absolute Gasteiger partial charge is 0.170 e. The Balaban J connectivity index is 2.34. The van der Waals surface area contributed by atoms with Crippen LogP contribution in [0.5, 0.6) is 5.75 Å². The SMILES string of the molecule is COCCOCCCOc1ccc(/C(N)=N/O)cc1Br. The number of nitrogens with two attached hydrogens (primary N) is 1. The predicted octanol–water partition coefficient (Wildman–Crippen LogP) is 1.98. The summed E-state index contributed by atoms with van der Waals surface area (Å²) in [6.07, 6.45) is 0.790. The Morgan fingerprint density at radius 1 is 1.30 bits per heavy atom. The van der Waals surface area contributed by atoms with Crippen LogP contribution in [0.25, 0.3) is 0 Å². The molecule has 0 amide bonds. The second kappa shape index (κ2) is 9.57. The van der Waals surface area contributed by atoms with Crippen LogP contribution in [-0.4, -0.2) is 44.6 Å². The summed E-state index contributed by atoms with van der Waals surface area (Å²) in [5.74, 6) is 0.764. The van der Waals surface area contributed by atoms with Crippen LogP contribution in [0.2, 0.25) is 0 Å². The summed E-state index contributed by atoms with van der Waals surface area (Å²) in [6.45, 7) is 2.37. The number of amidine groups is 1. The number of nitrogens with zero attached hydrogens (tertiary/aromatic N) is 1. The molecule has 7 heteroatoms. The van der Waals surface area contributed by atoms with Gasteiger partial charge in [0.1, 0.15) is 5.75 Å². The number of rotatable bonds is 9. The predicted molar refractivity (Wildman–Crippen MR) is 79.5 cm³/mol. The van der Waals surface area contributed by atoms with Gasteiger partial charge in [-0.2, -0.15) is 0 Å². The molecule has 0 spiro atoms. The van der Waals surface area contributed by atoms with Gasteiger partial charge in [0.25, 0.3) is 0 Å². The largest absolute Gasteiger partial charge is 0.492 e. The molecule has 0 saturated carbocycles. The van der Waals surface area contributed by atoms with E-state index in [1.54, 1.807) is 25.3 Å². The van der Waals surface area contributed by atoms with Gasteiger partial charge in [-0.05, 0) is 34.1 Å². The number of oxime groups is 1. The number of halogens is 1. The lowest BCUT2D eigenvalue weighted by atomic mass is 10.2. The molecule has 0 atom stereocenters. The van der Waals surface area contributed by atoms with Gasteiger partial charge in [-0.15, -0.1) is 0 Å². The third-order valence-corrected chi connectivity index (χ3v) is 3.08. The maximum Gasteiger partial charge on any atom is 0.170 e. The molecule has 0 aliphatic carbocycles. The molecule has 6 nitrogen and oxygen atoms in total. The summed E-state index contributed by atoms with van der Waals surface area (Å²) in [7, 11) is 1.64. The molecule has 112 valence electrons. The summed E-state index contributed by atoms with van der Waals surface area (Å²) in [5, 5.41) is 11.6. The fourth-order valence-corrected chi connectivity index (χ4v) is 1.92. The van der Waals surface area contributed by atoms with Crippen LogP contribution in [0.3, 0.4) is 0 Å². The minimum Gasteiger partial charge on any atom is -0.492 e. The van der Waals surface area contributed by atoms with Gasteiger partial charge in [-0.3, -0.25) is 0 Å². The van der Waals surface area contributed by atoms with Gasteiger partial charge >= 0.3 is 0 Å². The quantitative estimate of drug-likeness (QED) is 0.235. The zero-order valence-electron chi connectivity index (χ0n) is 11.3. The van der Waals surface area contributed by atoms with Crippen molar-refractivity contribution >= 4 is 21.8 Å². The summed E-state index contributed by atoms with van der Waals surface area (Å²) in [6, 6.07) is 5.23. The second-order valence-corrected chi connectivity index (χ2v) is 4.79. The van der Waals surface area contributed by atoms with Crippen molar-refractivity contribution in [2.45, 2.75) is 6.42 Å². The van der Waals surface area contributed by atoms with Crippen LogP contribution >= 0.6 is 15.9 Å². The lowest BCUT2D eigenvalue weighted by Gasteiger charge is -2.09. The van der Waals surface area contributed by atoms with E-state index in [0.29, 0.717) is 37.7 Å². The Bertz CT molecular complexity index is 440. The summed E-state index contributed by atoms with van der Waals surface area (Å²) >= 11 is 3.38. The van der Waals surface area contributed by atoms with Gasteiger partial charge in [-0.1, -0.05) is 5.16 Å². The molecule has 0 bridgehead atoms. The molecule has 1 rings (SSSR count). The van der Waals surface area contributed by atoms with E-state index in [-0.39, 0.29) is 5.84 Å². The zero-order valence-corrected chi connectivity index (χ0v) is 12.9. The molecular weight excluding hydrogens is 328 g/mol. The molecule has 3 N–H and O–H groups in total. The fourth-order valence-electron chi connectivity index (χ4n) is 1.42. The van der Waals surface area contributed by atoms with Gasteiger partial charge in [0.15, 0.2) is 5.84 Å². The Morgan fingerprint density at radius 3 is 2.75 bits per heavy atom. The van der Waals surface area contributed by atoms with E-state index in [1.807, 2.05) is 0 Å². The fraction of sp³-hybridized carbons (Fsp3) is 0.462. The maximum absolute atomic E-state index is 8.60. The monoisotopic (exact) mass is 346 g/mol. The van der Waals surface area contributed by atoms with Crippen LogP contribution in [0.4, 0.5) is 0 Å². The Kier molecular flexibility index (Phi) is 8.01. The molecule has 20 heavy (non-hydrogen) atoms. The van der Waals surface area contributed by atoms with Crippen LogP contribution in [0, 0.1) is 0 Å². The van der Waals surface area contributed by atoms with E-state index < -0.39 is 0 Å². The van der Waals surface area contributed by atoms with Crippen molar-refractivity contribution in [3.63, 3.8) is 0 Å². The molecule has 0 unspecified atom stereocenters. The number of ether oxygens (including phenoxy) is 3. The third-order valence-electron chi connectivity index (χ3n) is 2.46. The molecule has 0 radical (unpaired) electrons. The molecule has 1 aromatic rings. The van der Waals surface area contributed by atoms with E-state index in [9.17, 15) is 0 Å². The van der Waals surface area contributed by atoms with Crippen molar-refractivity contribution in [1.29, 1.82) is 0 Å². The van der Waals surface area contributed by atoms with Gasteiger partial charge in [0, 0.05) is 25.7 Å². The molecule has 0 heterocycles.